The van der Waals surface area contributed by atoms with Crippen molar-refractivity contribution >= 4 is 20.9 Å². The fourth-order valence-corrected chi connectivity index (χ4v) is 4.43. The molecule has 0 radical (unpaired) electrons. The van der Waals surface area contributed by atoms with Crippen LogP contribution in [-0.2, 0) is 16.5 Å². The Bertz CT molecular complexity index is 803. The van der Waals surface area contributed by atoms with Crippen LogP contribution in [0.1, 0.15) is 83.1 Å². The van der Waals surface area contributed by atoms with Crippen molar-refractivity contribution in [2.75, 3.05) is 0 Å². The van der Waals surface area contributed by atoms with Crippen LogP contribution in [0.25, 0.3) is 10.8 Å². The van der Waals surface area contributed by atoms with E-state index in [1.54, 1.807) is 0 Å². The smallest absolute Gasteiger partial charge is 0.744 e. The summed E-state index contributed by atoms with van der Waals surface area (Å²) in [5.74, 6) is 0. The predicted molar refractivity (Wildman–Crippen MR) is 112 cm³/mol. The Hall–Kier alpha value is -0.390. The van der Waals surface area contributed by atoms with Gasteiger partial charge in [-0.25, -0.2) is 8.42 Å². The normalized spacial score (nSPS) is 11.5. The van der Waals surface area contributed by atoms with Crippen molar-refractivity contribution in [1.29, 1.82) is 0 Å². The molecule has 0 bridgehead atoms. The van der Waals surface area contributed by atoms with Gasteiger partial charge in [0.05, 0.1) is 4.90 Å². The summed E-state index contributed by atoms with van der Waals surface area (Å²) >= 11 is 0. The Balaban J connectivity index is 0.00000392. The van der Waals surface area contributed by atoms with E-state index in [2.05, 4.69) is 6.92 Å². The maximum absolute atomic E-state index is 11.6. The minimum Gasteiger partial charge on any atom is -0.744 e. The second kappa shape index (κ2) is 13.8. The van der Waals surface area contributed by atoms with Gasteiger partial charge in [-0.15, -0.1) is 0 Å². The van der Waals surface area contributed by atoms with Crippen molar-refractivity contribution in [2.24, 2.45) is 0 Å². The van der Waals surface area contributed by atoms with Crippen LogP contribution < -0.4 is 29.6 Å². The monoisotopic (exact) mass is 412 g/mol. The van der Waals surface area contributed by atoms with Gasteiger partial charge < -0.3 is 4.55 Å². The molecule has 5 heteroatoms. The molecular weight excluding hydrogens is 379 g/mol. The van der Waals surface area contributed by atoms with Crippen LogP contribution in [0.3, 0.4) is 0 Å². The number of benzene rings is 2. The number of unbranched alkanes of at least 4 members (excludes halogenated alkanes) is 10. The summed E-state index contributed by atoms with van der Waals surface area (Å²) < 4.78 is 34.9. The quantitative estimate of drug-likeness (QED) is 0.287. The fourth-order valence-electron chi connectivity index (χ4n) is 3.67. The molecular formula is C23H33NaO3S. The SMILES string of the molecule is CCCCCCCCCCCCCc1cc2ccccc2cc1S(=O)(=O)[O-].[Na+]. The van der Waals surface area contributed by atoms with Gasteiger partial charge in [0.2, 0.25) is 0 Å². The van der Waals surface area contributed by atoms with E-state index in [1.165, 1.54) is 63.9 Å². The molecule has 3 nitrogen and oxygen atoms in total. The van der Waals surface area contributed by atoms with Crippen LogP contribution in [-0.4, -0.2) is 13.0 Å². The molecule has 2 rings (SSSR count). The first kappa shape index (κ1) is 25.6. The molecule has 0 saturated carbocycles. The zero-order valence-electron chi connectivity index (χ0n) is 17.6. The van der Waals surface area contributed by atoms with Gasteiger partial charge in [-0.1, -0.05) is 95.4 Å². The minimum absolute atomic E-state index is 0. The maximum atomic E-state index is 11.6. The van der Waals surface area contributed by atoms with Gasteiger partial charge in [-0.2, -0.15) is 0 Å². The molecule has 0 aromatic heterocycles. The topological polar surface area (TPSA) is 57.2 Å². The van der Waals surface area contributed by atoms with Gasteiger partial charge in [-0.05, 0) is 41.3 Å². The van der Waals surface area contributed by atoms with Crippen molar-refractivity contribution in [3.05, 3.63) is 42.0 Å². The van der Waals surface area contributed by atoms with Crippen LogP contribution in [0, 0.1) is 0 Å². The molecule has 0 fully saturated rings. The van der Waals surface area contributed by atoms with Crippen LogP contribution in [0.15, 0.2) is 41.3 Å². The molecule has 2 aromatic carbocycles. The van der Waals surface area contributed by atoms with E-state index in [4.69, 9.17) is 0 Å². The van der Waals surface area contributed by atoms with Crippen molar-refractivity contribution in [3.8, 4) is 0 Å². The van der Waals surface area contributed by atoms with E-state index in [9.17, 15) is 13.0 Å². The molecule has 0 N–H and O–H groups in total. The third kappa shape index (κ3) is 8.96. The van der Waals surface area contributed by atoms with E-state index < -0.39 is 10.1 Å². The third-order valence-corrected chi connectivity index (χ3v) is 6.17. The Kier molecular flexibility index (Phi) is 12.6. The largest absolute Gasteiger partial charge is 1.00 e. The predicted octanol–water partition coefficient (Wildman–Crippen LogP) is 3.60. The summed E-state index contributed by atoms with van der Waals surface area (Å²) in [6.45, 7) is 2.24. The van der Waals surface area contributed by atoms with E-state index in [-0.39, 0.29) is 34.5 Å². The first-order valence-corrected chi connectivity index (χ1v) is 11.9. The van der Waals surface area contributed by atoms with Gasteiger partial charge in [-0.3, -0.25) is 0 Å². The van der Waals surface area contributed by atoms with Gasteiger partial charge in [0, 0.05) is 0 Å². The summed E-state index contributed by atoms with van der Waals surface area (Å²) in [6.07, 6.45) is 14.5. The molecule has 150 valence electrons. The Labute approximate surface area is 193 Å². The van der Waals surface area contributed by atoms with Crippen molar-refractivity contribution in [3.63, 3.8) is 0 Å². The molecule has 0 aliphatic carbocycles. The molecule has 0 aliphatic heterocycles. The Morgan fingerprint density at radius 1 is 0.750 bits per heavy atom. The molecule has 28 heavy (non-hydrogen) atoms. The second-order valence-corrected chi connectivity index (χ2v) is 8.89. The van der Waals surface area contributed by atoms with Crippen LogP contribution in [0.5, 0.6) is 0 Å². The Morgan fingerprint density at radius 2 is 1.21 bits per heavy atom. The van der Waals surface area contributed by atoms with Crippen LogP contribution >= 0.6 is 0 Å². The third-order valence-electron chi connectivity index (χ3n) is 5.25. The van der Waals surface area contributed by atoms with Gasteiger partial charge in [0.15, 0.2) is 0 Å². The number of hydrogen-bond acceptors (Lipinski definition) is 3. The molecule has 0 aliphatic rings. The second-order valence-electron chi connectivity index (χ2n) is 7.55. The van der Waals surface area contributed by atoms with Crippen LogP contribution in [0.2, 0.25) is 0 Å². The average molecular weight is 413 g/mol. The molecule has 2 aromatic rings. The Morgan fingerprint density at radius 3 is 1.71 bits per heavy atom. The van der Waals surface area contributed by atoms with E-state index in [0.717, 1.165) is 23.6 Å². The van der Waals surface area contributed by atoms with E-state index in [1.807, 2.05) is 30.3 Å². The van der Waals surface area contributed by atoms with Crippen molar-refractivity contribution in [2.45, 2.75) is 88.9 Å². The standard InChI is InChI=1S/C23H34O3S.Na/c1-2-3-4-5-6-7-8-9-10-11-12-17-22-18-20-15-13-14-16-21(20)19-23(22)27(24,25)26;/h13-16,18-19H,2-12,17H2,1H3,(H,24,25,26);/q;+1/p-1. The summed E-state index contributed by atoms with van der Waals surface area (Å²) in [4.78, 5) is -0.0479. The summed E-state index contributed by atoms with van der Waals surface area (Å²) in [5.41, 5.74) is 0.666. The molecule has 0 saturated heterocycles. The first-order valence-electron chi connectivity index (χ1n) is 10.5. The van der Waals surface area contributed by atoms with Crippen molar-refractivity contribution in [1.82, 2.24) is 0 Å². The maximum Gasteiger partial charge on any atom is 1.00 e. The van der Waals surface area contributed by atoms with Crippen molar-refractivity contribution < 1.29 is 42.5 Å². The molecule has 0 heterocycles. The number of fused-ring (bicyclic) bond motifs is 1. The number of hydrogen-bond donors (Lipinski definition) is 0. The van der Waals surface area contributed by atoms with Gasteiger partial charge in [0.1, 0.15) is 10.1 Å². The number of aryl methyl sites for hydroxylation is 1. The van der Waals surface area contributed by atoms with Gasteiger partial charge >= 0.3 is 29.6 Å². The zero-order chi connectivity index (χ0) is 19.5. The molecule has 0 unspecified atom stereocenters. The molecule has 0 amide bonds. The van der Waals surface area contributed by atoms with Gasteiger partial charge in [0.25, 0.3) is 0 Å². The average Bonchev–Trinajstić information content (AvgIpc) is 2.64. The van der Waals surface area contributed by atoms with E-state index in [0.29, 0.717) is 12.0 Å². The summed E-state index contributed by atoms with van der Waals surface area (Å²) in [5, 5.41) is 1.79. The zero-order valence-corrected chi connectivity index (χ0v) is 20.4. The van der Waals surface area contributed by atoms with Crippen LogP contribution in [0.4, 0.5) is 0 Å². The number of rotatable bonds is 13. The summed E-state index contributed by atoms with van der Waals surface area (Å²) in [7, 11) is -4.44. The fraction of sp³-hybridized carbons (Fsp3) is 0.565. The molecule has 0 spiro atoms. The first-order chi connectivity index (χ1) is 13.0. The van der Waals surface area contributed by atoms with E-state index >= 15 is 0 Å². The molecule has 0 atom stereocenters. The minimum atomic E-state index is -4.44. The summed E-state index contributed by atoms with van der Waals surface area (Å²) in [6, 6.07) is 11.0.